The Morgan fingerprint density at radius 3 is 2.60 bits per heavy atom. The smallest absolute Gasteiger partial charge is 0.0239 e. The van der Waals surface area contributed by atoms with Gasteiger partial charge in [-0.2, -0.15) is 0 Å². The topological polar surface area (TPSA) is 0 Å². The molecule has 0 radical (unpaired) electrons. The molecule has 0 spiro atoms. The predicted molar refractivity (Wildman–Crippen MR) is 54.4 cm³/mol. The summed E-state index contributed by atoms with van der Waals surface area (Å²) >= 11 is 0. The van der Waals surface area contributed by atoms with Crippen molar-refractivity contribution in [1.82, 2.24) is 0 Å². The van der Waals surface area contributed by atoms with Crippen LogP contribution in [0, 0.1) is 6.92 Å². The molecule has 10 heavy (non-hydrogen) atoms. The molecule has 0 fully saturated rings. The second-order valence-corrected chi connectivity index (χ2v) is 3.93. The molecule has 2 atom stereocenters. The first-order chi connectivity index (χ1) is 4.75. The number of rotatable bonds is 1. The van der Waals surface area contributed by atoms with Crippen LogP contribution in [0.5, 0.6) is 0 Å². The SMILES string of the molecule is CPc1cccc(P)c1C. The van der Waals surface area contributed by atoms with Gasteiger partial charge in [0.15, 0.2) is 0 Å². The summed E-state index contributed by atoms with van der Waals surface area (Å²) in [5.41, 5.74) is 1.42. The molecule has 0 saturated heterocycles. The third kappa shape index (κ3) is 1.57. The fourth-order valence-corrected chi connectivity index (χ4v) is 2.12. The maximum absolute atomic E-state index is 2.75. The number of benzene rings is 1. The summed E-state index contributed by atoms with van der Waals surface area (Å²) in [5.74, 6) is 0. The first kappa shape index (κ1) is 8.18. The molecule has 0 aliphatic rings. The molecule has 0 aliphatic heterocycles. The minimum Gasteiger partial charge on any atom is -0.105 e. The van der Waals surface area contributed by atoms with Crippen LogP contribution >= 0.6 is 17.8 Å². The zero-order valence-electron chi connectivity index (χ0n) is 6.31. The van der Waals surface area contributed by atoms with Crippen LogP contribution in [-0.4, -0.2) is 6.66 Å². The molecule has 2 unspecified atom stereocenters. The van der Waals surface area contributed by atoms with Gasteiger partial charge in [0.1, 0.15) is 0 Å². The van der Waals surface area contributed by atoms with Crippen molar-refractivity contribution < 1.29 is 0 Å². The highest BCUT2D eigenvalue weighted by Gasteiger charge is 1.95. The monoisotopic (exact) mass is 170 g/mol. The molecule has 0 saturated carbocycles. The fraction of sp³-hybridized carbons (Fsp3) is 0.250. The van der Waals surface area contributed by atoms with E-state index in [-0.39, 0.29) is 0 Å². The molecule has 0 amide bonds. The van der Waals surface area contributed by atoms with E-state index < -0.39 is 0 Å². The van der Waals surface area contributed by atoms with E-state index in [9.17, 15) is 0 Å². The van der Waals surface area contributed by atoms with Crippen LogP contribution in [0.15, 0.2) is 18.2 Å². The third-order valence-corrected chi connectivity index (χ3v) is 3.35. The average Bonchev–Trinajstić information content (AvgIpc) is 1.95. The second-order valence-electron chi connectivity index (χ2n) is 2.27. The van der Waals surface area contributed by atoms with E-state index in [2.05, 4.69) is 41.0 Å². The summed E-state index contributed by atoms with van der Waals surface area (Å²) in [6, 6.07) is 6.44. The average molecular weight is 170 g/mol. The maximum Gasteiger partial charge on any atom is -0.0239 e. The Labute approximate surface area is 66.4 Å². The summed E-state index contributed by atoms with van der Waals surface area (Å²) in [6.45, 7) is 4.39. The summed E-state index contributed by atoms with van der Waals surface area (Å²) in [5, 5.41) is 2.80. The van der Waals surface area contributed by atoms with E-state index in [1.807, 2.05) is 0 Å². The zero-order valence-corrected chi connectivity index (χ0v) is 8.46. The van der Waals surface area contributed by atoms with E-state index in [0.29, 0.717) is 0 Å². The Hall–Kier alpha value is 0.0800. The Morgan fingerprint density at radius 2 is 2.10 bits per heavy atom. The molecule has 0 heterocycles. The van der Waals surface area contributed by atoms with Crippen LogP contribution in [0.1, 0.15) is 5.56 Å². The van der Waals surface area contributed by atoms with Crippen molar-refractivity contribution in [2.24, 2.45) is 0 Å². The van der Waals surface area contributed by atoms with Gasteiger partial charge in [0.05, 0.1) is 0 Å². The molecule has 54 valence electrons. The van der Waals surface area contributed by atoms with Crippen molar-refractivity contribution >= 4 is 28.4 Å². The van der Waals surface area contributed by atoms with Gasteiger partial charge in [0.2, 0.25) is 0 Å². The molecular formula is C8H12P2. The van der Waals surface area contributed by atoms with Crippen LogP contribution in [0.25, 0.3) is 0 Å². The molecule has 0 aromatic heterocycles. The summed E-state index contributed by atoms with van der Waals surface area (Å²) in [6.07, 6.45) is 0. The Bertz CT molecular complexity index is 231. The van der Waals surface area contributed by atoms with Crippen molar-refractivity contribution in [3.8, 4) is 0 Å². The van der Waals surface area contributed by atoms with Crippen LogP contribution < -0.4 is 10.6 Å². The van der Waals surface area contributed by atoms with E-state index in [1.54, 1.807) is 0 Å². The summed E-state index contributed by atoms with van der Waals surface area (Å²) < 4.78 is 0. The molecule has 2 heteroatoms. The zero-order chi connectivity index (χ0) is 7.56. The van der Waals surface area contributed by atoms with Gasteiger partial charge in [-0.05, 0) is 29.8 Å². The number of hydrogen-bond acceptors (Lipinski definition) is 0. The molecule has 0 aliphatic carbocycles. The first-order valence-electron chi connectivity index (χ1n) is 3.28. The molecule has 1 aromatic rings. The van der Waals surface area contributed by atoms with Gasteiger partial charge in [-0.15, -0.1) is 9.24 Å². The molecular weight excluding hydrogens is 158 g/mol. The molecule has 0 nitrogen and oxygen atoms in total. The lowest BCUT2D eigenvalue weighted by atomic mass is 10.2. The van der Waals surface area contributed by atoms with Crippen LogP contribution in [0.4, 0.5) is 0 Å². The molecule has 0 N–H and O–H groups in total. The van der Waals surface area contributed by atoms with Crippen LogP contribution in [0.2, 0.25) is 0 Å². The summed E-state index contributed by atoms with van der Waals surface area (Å²) in [7, 11) is 3.67. The van der Waals surface area contributed by atoms with Crippen molar-refractivity contribution in [3.05, 3.63) is 23.8 Å². The van der Waals surface area contributed by atoms with E-state index in [1.165, 1.54) is 16.2 Å². The minimum atomic E-state index is 0.912. The van der Waals surface area contributed by atoms with Gasteiger partial charge in [0.25, 0.3) is 0 Å². The van der Waals surface area contributed by atoms with Gasteiger partial charge in [-0.1, -0.05) is 26.8 Å². The minimum absolute atomic E-state index is 0.912. The molecule has 1 aromatic carbocycles. The lowest BCUT2D eigenvalue weighted by Gasteiger charge is -2.04. The van der Waals surface area contributed by atoms with Crippen molar-refractivity contribution in [3.63, 3.8) is 0 Å². The Balaban J connectivity index is 3.14. The van der Waals surface area contributed by atoms with E-state index >= 15 is 0 Å². The lowest BCUT2D eigenvalue weighted by molar-refractivity contribution is 1.57. The Kier molecular flexibility index (Phi) is 2.83. The molecule has 1 rings (SSSR count). The van der Waals surface area contributed by atoms with Gasteiger partial charge >= 0.3 is 0 Å². The first-order valence-corrected chi connectivity index (χ1v) is 5.36. The quantitative estimate of drug-likeness (QED) is 0.559. The van der Waals surface area contributed by atoms with Gasteiger partial charge < -0.3 is 0 Å². The van der Waals surface area contributed by atoms with Crippen molar-refractivity contribution in [2.75, 3.05) is 6.66 Å². The maximum atomic E-state index is 2.75. The molecule has 0 bridgehead atoms. The van der Waals surface area contributed by atoms with Crippen molar-refractivity contribution in [2.45, 2.75) is 6.92 Å². The van der Waals surface area contributed by atoms with Gasteiger partial charge in [0, 0.05) is 0 Å². The van der Waals surface area contributed by atoms with E-state index in [4.69, 9.17) is 0 Å². The Morgan fingerprint density at radius 1 is 1.40 bits per heavy atom. The highest BCUT2D eigenvalue weighted by molar-refractivity contribution is 7.46. The van der Waals surface area contributed by atoms with E-state index in [0.717, 1.165) is 8.58 Å². The van der Waals surface area contributed by atoms with Crippen molar-refractivity contribution in [1.29, 1.82) is 0 Å². The normalized spacial score (nSPS) is 11.1. The van der Waals surface area contributed by atoms with Gasteiger partial charge in [-0.3, -0.25) is 0 Å². The van der Waals surface area contributed by atoms with Gasteiger partial charge in [-0.25, -0.2) is 0 Å². The fourth-order valence-electron chi connectivity index (χ4n) is 0.924. The predicted octanol–water partition coefficient (Wildman–Crippen LogP) is 1.43. The highest BCUT2D eigenvalue weighted by atomic mass is 31.1. The summed E-state index contributed by atoms with van der Waals surface area (Å²) in [4.78, 5) is 0. The second kappa shape index (κ2) is 3.46. The van der Waals surface area contributed by atoms with Crippen LogP contribution in [0.3, 0.4) is 0 Å². The lowest BCUT2D eigenvalue weighted by Crippen LogP contribution is -2.08. The number of hydrogen-bond donors (Lipinski definition) is 0. The van der Waals surface area contributed by atoms with Crippen LogP contribution in [-0.2, 0) is 0 Å². The third-order valence-electron chi connectivity index (χ3n) is 1.65. The largest absolute Gasteiger partial charge is 0.105 e. The standard InChI is InChI=1S/C8H12P2/c1-6-7(9)4-3-5-8(6)10-2/h3-5,10H,9H2,1-2H3. The highest BCUT2D eigenvalue weighted by Crippen LogP contribution is 2.07.